The van der Waals surface area contributed by atoms with Crippen LogP contribution in [0, 0.1) is 11.6 Å². The Bertz CT molecular complexity index is 449. The highest BCUT2D eigenvalue weighted by atomic mass is 32.1. The number of rotatable bonds is 1. The average Bonchev–Trinajstić information content (AvgIpc) is 2.50. The maximum absolute atomic E-state index is 12.8. The lowest BCUT2D eigenvalue weighted by Gasteiger charge is -1.95. The van der Waals surface area contributed by atoms with E-state index in [0.717, 1.165) is 29.7 Å². The van der Waals surface area contributed by atoms with Crippen molar-refractivity contribution in [2.24, 2.45) is 0 Å². The van der Waals surface area contributed by atoms with Gasteiger partial charge >= 0.3 is 0 Å². The van der Waals surface area contributed by atoms with E-state index in [-0.39, 0.29) is 16.5 Å². The molecule has 2 rings (SSSR count). The summed E-state index contributed by atoms with van der Waals surface area (Å²) >= 11 is 0.983. The minimum absolute atomic E-state index is 0.242. The summed E-state index contributed by atoms with van der Waals surface area (Å²) in [6.07, 6.45) is 0. The minimum Gasteiger partial charge on any atom is -0.374 e. The molecule has 0 aliphatic rings. The van der Waals surface area contributed by atoms with Gasteiger partial charge in [-0.05, 0) is 12.1 Å². The third-order valence-electron chi connectivity index (χ3n) is 1.56. The molecule has 0 fully saturated rings. The zero-order valence-electron chi connectivity index (χ0n) is 6.87. The number of aromatic nitrogens is 2. The van der Waals surface area contributed by atoms with Crippen molar-refractivity contribution in [2.75, 3.05) is 5.73 Å². The topological polar surface area (TPSA) is 51.8 Å². The zero-order chi connectivity index (χ0) is 10.1. The summed E-state index contributed by atoms with van der Waals surface area (Å²) in [4.78, 5) is 3.82. The molecule has 0 unspecified atom stereocenters. The highest BCUT2D eigenvalue weighted by Crippen LogP contribution is 2.21. The van der Waals surface area contributed by atoms with E-state index < -0.39 is 11.6 Å². The van der Waals surface area contributed by atoms with E-state index in [0.29, 0.717) is 0 Å². The summed E-state index contributed by atoms with van der Waals surface area (Å²) in [7, 11) is 0. The van der Waals surface area contributed by atoms with Crippen LogP contribution in [0.2, 0.25) is 0 Å². The second kappa shape index (κ2) is 3.30. The molecular weight excluding hydrogens is 208 g/mol. The number of anilines is 1. The zero-order valence-corrected chi connectivity index (χ0v) is 7.68. The van der Waals surface area contributed by atoms with Crippen molar-refractivity contribution in [3.63, 3.8) is 0 Å². The van der Waals surface area contributed by atoms with Gasteiger partial charge in [0.1, 0.15) is 11.6 Å². The molecule has 2 aromatic rings. The minimum atomic E-state index is -0.659. The molecule has 6 heteroatoms. The normalized spacial score (nSPS) is 10.4. The Hall–Kier alpha value is -1.56. The van der Waals surface area contributed by atoms with E-state index in [1.807, 2.05) is 0 Å². The van der Waals surface area contributed by atoms with Crippen LogP contribution in [0.5, 0.6) is 0 Å². The van der Waals surface area contributed by atoms with E-state index in [2.05, 4.69) is 9.36 Å². The van der Waals surface area contributed by atoms with E-state index in [4.69, 9.17) is 5.73 Å². The third kappa shape index (κ3) is 1.69. The van der Waals surface area contributed by atoms with Crippen molar-refractivity contribution in [3.05, 3.63) is 29.8 Å². The second-order valence-electron chi connectivity index (χ2n) is 2.61. The van der Waals surface area contributed by atoms with E-state index in [1.54, 1.807) is 0 Å². The van der Waals surface area contributed by atoms with Crippen LogP contribution in [-0.2, 0) is 0 Å². The molecule has 1 aromatic carbocycles. The number of hydrogen-bond acceptors (Lipinski definition) is 4. The fraction of sp³-hybridized carbons (Fsp3) is 0. The van der Waals surface area contributed by atoms with Gasteiger partial charge in [0.2, 0.25) is 0 Å². The quantitative estimate of drug-likeness (QED) is 0.788. The van der Waals surface area contributed by atoms with Crippen LogP contribution >= 0.6 is 11.5 Å². The molecule has 0 aliphatic carbocycles. The van der Waals surface area contributed by atoms with Gasteiger partial charge in [-0.25, -0.2) is 8.78 Å². The second-order valence-corrected chi connectivity index (χ2v) is 3.40. The van der Waals surface area contributed by atoms with Crippen LogP contribution in [0.3, 0.4) is 0 Å². The van der Waals surface area contributed by atoms with Crippen molar-refractivity contribution >= 4 is 16.7 Å². The Balaban J connectivity index is 2.51. The molecule has 1 aromatic heterocycles. The van der Waals surface area contributed by atoms with Crippen LogP contribution in [0.25, 0.3) is 11.4 Å². The van der Waals surface area contributed by atoms with E-state index in [1.165, 1.54) is 0 Å². The van der Waals surface area contributed by atoms with Gasteiger partial charge in [0.25, 0.3) is 0 Å². The molecule has 2 N–H and O–H groups in total. The number of nitrogens with zero attached hydrogens (tertiary/aromatic N) is 2. The van der Waals surface area contributed by atoms with Gasteiger partial charge in [0.05, 0.1) is 0 Å². The number of halogens is 2. The first-order valence-corrected chi connectivity index (χ1v) is 4.48. The maximum Gasteiger partial charge on any atom is 0.200 e. The lowest BCUT2D eigenvalue weighted by molar-refractivity contribution is 0.584. The van der Waals surface area contributed by atoms with Crippen molar-refractivity contribution < 1.29 is 8.78 Å². The monoisotopic (exact) mass is 213 g/mol. The molecule has 0 spiro atoms. The summed E-state index contributed by atoms with van der Waals surface area (Å²) in [5, 5.41) is 0.268. The fourth-order valence-electron chi connectivity index (χ4n) is 1.04. The Morgan fingerprint density at radius 2 is 1.79 bits per heavy atom. The first-order valence-electron chi connectivity index (χ1n) is 3.71. The lowest BCUT2D eigenvalue weighted by atomic mass is 10.2. The Morgan fingerprint density at radius 3 is 2.29 bits per heavy atom. The predicted molar refractivity (Wildman–Crippen MR) is 49.7 cm³/mol. The number of nitrogens with two attached hydrogens (primary N) is 1. The van der Waals surface area contributed by atoms with Gasteiger partial charge in [0.15, 0.2) is 11.0 Å². The third-order valence-corrected chi connectivity index (χ3v) is 2.11. The summed E-state index contributed by atoms with van der Waals surface area (Å²) in [6, 6.07) is 3.11. The van der Waals surface area contributed by atoms with Crippen LogP contribution in [0.1, 0.15) is 0 Å². The summed E-state index contributed by atoms with van der Waals surface area (Å²) in [5.41, 5.74) is 5.64. The molecule has 0 bridgehead atoms. The van der Waals surface area contributed by atoms with Crippen molar-refractivity contribution in [1.82, 2.24) is 9.36 Å². The average molecular weight is 213 g/mol. The molecule has 3 nitrogen and oxygen atoms in total. The summed E-state index contributed by atoms with van der Waals surface area (Å²) in [6.45, 7) is 0. The first-order chi connectivity index (χ1) is 6.65. The van der Waals surface area contributed by atoms with E-state index in [9.17, 15) is 8.78 Å². The van der Waals surface area contributed by atoms with Gasteiger partial charge in [-0.2, -0.15) is 9.36 Å². The van der Waals surface area contributed by atoms with E-state index >= 15 is 0 Å². The lowest BCUT2D eigenvalue weighted by Crippen LogP contribution is -1.87. The molecule has 14 heavy (non-hydrogen) atoms. The molecule has 0 atom stereocenters. The molecular formula is C8H5F2N3S. The largest absolute Gasteiger partial charge is 0.374 e. The van der Waals surface area contributed by atoms with Crippen molar-refractivity contribution in [2.45, 2.75) is 0 Å². The SMILES string of the molecule is Nc1nc(-c2cc(F)cc(F)c2)ns1. The fourth-order valence-corrected chi connectivity index (χ4v) is 1.49. The molecule has 0 aliphatic heterocycles. The molecule has 0 amide bonds. The Morgan fingerprint density at radius 1 is 1.14 bits per heavy atom. The standard InChI is InChI=1S/C8H5F2N3S/c9-5-1-4(2-6(10)3-5)7-12-8(11)14-13-7/h1-3H,(H2,11,12,13). The van der Waals surface area contributed by atoms with Gasteiger partial charge < -0.3 is 5.73 Å². The Labute approximate surface area is 82.4 Å². The predicted octanol–water partition coefficient (Wildman–Crippen LogP) is 2.07. The van der Waals surface area contributed by atoms with Gasteiger partial charge in [-0.1, -0.05) is 0 Å². The molecule has 0 radical (unpaired) electrons. The van der Waals surface area contributed by atoms with Gasteiger partial charge in [0, 0.05) is 23.2 Å². The summed E-state index contributed by atoms with van der Waals surface area (Å²) in [5.74, 6) is -1.08. The summed E-state index contributed by atoms with van der Waals surface area (Å²) < 4.78 is 29.4. The number of hydrogen-bond donors (Lipinski definition) is 1. The smallest absolute Gasteiger partial charge is 0.200 e. The van der Waals surface area contributed by atoms with Crippen LogP contribution in [-0.4, -0.2) is 9.36 Å². The van der Waals surface area contributed by atoms with Crippen molar-refractivity contribution in [1.29, 1.82) is 0 Å². The Kier molecular flexibility index (Phi) is 2.12. The maximum atomic E-state index is 12.8. The van der Waals surface area contributed by atoms with Gasteiger partial charge in [-0.3, -0.25) is 0 Å². The highest BCUT2D eigenvalue weighted by Gasteiger charge is 2.07. The van der Waals surface area contributed by atoms with Crippen LogP contribution in [0.4, 0.5) is 13.9 Å². The van der Waals surface area contributed by atoms with Crippen LogP contribution < -0.4 is 5.73 Å². The molecule has 72 valence electrons. The number of benzene rings is 1. The molecule has 0 saturated carbocycles. The number of nitrogen functional groups attached to an aromatic ring is 1. The van der Waals surface area contributed by atoms with Crippen LogP contribution in [0.15, 0.2) is 18.2 Å². The highest BCUT2D eigenvalue weighted by molar-refractivity contribution is 7.09. The first kappa shape index (κ1) is 9.01. The molecule has 0 saturated heterocycles. The van der Waals surface area contributed by atoms with Gasteiger partial charge in [-0.15, -0.1) is 0 Å². The molecule has 1 heterocycles. The van der Waals surface area contributed by atoms with Crippen molar-refractivity contribution in [3.8, 4) is 11.4 Å².